The molecule has 1 heterocycles. The normalized spacial score (nSPS) is 12.9. The lowest BCUT2D eigenvalue weighted by Crippen LogP contribution is -2.38. The van der Waals surface area contributed by atoms with Crippen molar-refractivity contribution < 1.29 is 23.1 Å². The SMILES string of the molecule is CC(C)c1cccc(S(=O)(=O)N2CCOc3ccc(-c4cccc(Cl)c4)cc32)c1.CCC(=O)O. The molecule has 1 N–H and O–H groups in total. The number of anilines is 1. The van der Waals surface area contributed by atoms with Crippen LogP contribution in [0.5, 0.6) is 5.75 Å². The minimum Gasteiger partial charge on any atom is -0.489 e. The molecule has 0 spiro atoms. The summed E-state index contributed by atoms with van der Waals surface area (Å²) in [4.78, 5) is 9.66. The zero-order valence-corrected chi connectivity index (χ0v) is 20.9. The molecule has 0 atom stereocenters. The summed E-state index contributed by atoms with van der Waals surface area (Å²) in [5, 5.41) is 8.35. The maximum Gasteiger partial charge on any atom is 0.303 e. The standard InChI is InChI=1S/C23H22ClNO3S.C3H6O2/c1-16(2)17-5-4-8-21(14-17)29(26,27)25-11-12-28-23-10-9-19(15-22(23)25)18-6-3-7-20(24)13-18;1-2-3(4)5/h3-10,13-16H,11-12H2,1-2H3;2H2,1H3,(H,4,5). The first-order valence-electron chi connectivity index (χ1n) is 11.0. The van der Waals surface area contributed by atoms with Crippen molar-refractivity contribution in [3.05, 3.63) is 77.3 Å². The third-order valence-electron chi connectivity index (χ3n) is 5.35. The number of benzene rings is 3. The van der Waals surface area contributed by atoms with Crippen LogP contribution >= 0.6 is 11.6 Å². The number of aliphatic carboxylic acids is 1. The van der Waals surface area contributed by atoms with Gasteiger partial charge in [-0.25, -0.2) is 8.42 Å². The Morgan fingerprint density at radius 2 is 1.74 bits per heavy atom. The van der Waals surface area contributed by atoms with Crippen molar-refractivity contribution >= 4 is 33.3 Å². The fraction of sp³-hybridized carbons (Fsp3) is 0.269. The summed E-state index contributed by atoms with van der Waals surface area (Å²) in [6, 6.07) is 20.2. The molecule has 3 aromatic rings. The van der Waals surface area contributed by atoms with Crippen molar-refractivity contribution in [1.29, 1.82) is 0 Å². The van der Waals surface area contributed by atoms with Crippen LogP contribution < -0.4 is 9.04 Å². The van der Waals surface area contributed by atoms with Gasteiger partial charge in [0.05, 0.1) is 17.1 Å². The van der Waals surface area contributed by atoms with E-state index in [4.69, 9.17) is 21.4 Å². The number of nitrogens with zero attached hydrogens (tertiary/aromatic N) is 1. The van der Waals surface area contributed by atoms with E-state index in [0.717, 1.165) is 16.7 Å². The van der Waals surface area contributed by atoms with Crippen molar-refractivity contribution in [3.63, 3.8) is 0 Å². The van der Waals surface area contributed by atoms with Gasteiger partial charge in [0, 0.05) is 11.4 Å². The molecule has 180 valence electrons. The number of hydrogen-bond acceptors (Lipinski definition) is 4. The van der Waals surface area contributed by atoms with Crippen LogP contribution in [0.2, 0.25) is 5.02 Å². The van der Waals surface area contributed by atoms with Crippen molar-refractivity contribution in [2.24, 2.45) is 0 Å². The first-order valence-corrected chi connectivity index (χ1v) is 12.8. The van der Waals surface area contributed by atoms with Crippen LogP contribution in [0.15, 0.2) is 71.6 Å². The van der Waals surface area contributed by atoms with Gasteiger partial charge < -0.3 is 9.84 Å². The Balaban J connectivity index is 0.000000588. The molecular formula is C26H28ClNO5S. The largest absolute Gasteiger partial charge is 0.489 e. The van der Waals surface area contributed by atoms with Crippen LogP contribution in [0, 0.1) is 0 Å². The zero-order valence-electron chi connectivity index (χ0n) is 19.4. The van der Waals surface area contributed by atoms with Crippen molar-refractivity contribution in [3.8, 4) is 16.9 Å². The molecule has 0 aromatic heterocycles. The molecule has 4 rings (SSSR count). The summed E-state index contributed by atoms with van der Waals surface area (Å²) in [6.07, 6.45) is 0.222. The van der Waals surface area contributed by atoms with Crippen LogP contribution in [-0.2, 0) is 14.8 Å². The van der Waals surface area contributed by atoms with Gasteiger partial charge in [-0.05, 0) is 59.0 Å². The molecule has 0 radical (unpaired) electrons. The summed E-state index contributed by atoms with van der Waals surface area (Å²) >= 11 is 6.13. The van der Waals surface area contributed by atoms with Gasteiger partial charge in [0.2, 0.25) is 0 Å². The number of fused-ring (bicyclic) bond motifs is 1. The quantitative estimate of drug-likeness (QED) is 0.450. The summed E-state index contributed by atoms with van der Waals surface area (Å²) < 4.78 is 34.1. The average Bonchev–Trinajstić information content (AvgIpc) is 2.83. The Morgan fingerprint density at radius 1 is 1.06 bits per heavy atom. The van der Waals surface area contributed by atoms with Crippen LogP contribution in [0.25, 0.3) is 11.1 Å². The molecule has 3 aromatic carbocycles. The minimum atomic E-state index is -3.71. The second-order valence-corrected chi connectivity index (χ2v) is 10.4. The molecule has 34 heavy (non-hydrogen) atoms. The van der Waals surface area contributed by atoms with E-state index in [1.807, 2.05) is 62.4 Å². The van der Waals surface area contributed by atoms with Gasteiger partial charge in [0.25, 0.3) is 10.0 Å². The maximum absolute atomic E-state index is 13.5. The first-order chi connectivity index (χ1) is 16.1. The Hall–Kier alpha value is -3.03. The van der Waals surface area contributed by atoms with Crippen LogP contribution in [0.3, 0.4) is 0 Å². The van der Waals surface area contributed by atoms with E-state index in [-0.39, 0.29) is 18.9 Å². The van der Waals surface area contributed by atoms with E-state index in [1.165, 1.54) is 4.31 Å². The van der Waals surface area contributed by atoms with Gasteiger partial charge in [-0.15, -0.1) is 0 Å². The molecular weight excluding hydrogens is 474 g/mol. The van der Waals surface area contributed by atoms with E-state index in [1.54, 1.807) is 25.1 Å². The number of carboxylic acids is 1. The Labute approximate surface area is 205 Å². The maximum atomic E-state index is 13.5. The Morgan fingerprint density at radius 3 is 2.38 bits per heavy atom. The zero-order chi connectivity index (χ0) is 24.9. The third kappa shape index (κ3) is 5.90. The third-order valence-corrected chi connectivity index (χ3v) is 7.40. The second-order valence-electron chi connectivity index (χ2n) is 8.09. The number of hydrogen-bond donors (Lipinski definition) is 1. The Kier molecular flexibility index (Phi) is 8.23. The summed E-state index contributed by atoms with van der Waals surface area (Å²) in [6.45, 7) is 6.27. The average molecular weight is 502 g/mol. The molecule has 0 bridgehead atoms. The number of carboxylic acid groups (broad SMARTS) is 1. The molecule has 1 aliphatic rings. The molecule has 6 nitrogen and oxygen atoms in total. The molecule has 0 saturated carbocycles. The molecule has 0 unspecified atom stereocenters. The Bertz CT molecular complexity index is 1270. The molecule has 0 fully saturated rings. The van der Waals surface area contributed by atoms with E-state index in [2.05, 4.69) is 0 Å². The fourth-order valence-corrected chi connectivity index (χ4v) is 5.15. The predicted molar refractivity (Wildman–Crippen MR) is 135 cm³/mol. The van der Waals surface area contributed by atoms with Gasteiger partial charge in [-0.3, -0.25) is 9.10 Å². The van der Waals surface area contributed by atoms with Crippen molar-refractivity contribution in [1.82, 2.24) is 0 Å². The summed E-state index contributed by atoms with van der Waals surface area (Å²) in [5.41, 5.74) is 3.34. The second kappa shape index (κ2) is 10.9. The lowest BCUT2D eigenvalue weighted by Gasteiger charge is -2.31. The van der Waals surface area contributed by atoms with E-state index in [0.29, 0.717) is 28.0 Å². The van der Waals surface area contributed by atoms with Gasteiger partial charge in [0.15, 0.2) is 0 Å². The van der Waals surface area contributed by atoms with Crippen LogP contribution in [0.1, 0.15) is 38.7 Å². The van der Waals surface area contributed by atoms with E-state index < -0.39 is 16.0 Å². The minimum absolute atomic E-state index is 0.222. The lowest BCUT2D eigenvalue weighted by atomic mass is 10.0. The van der Waals surface area contributed by atoms with Gasteiger partial charge in [-0.1, -0.05) is 62.7 Å². The van der Waals surface area contributed by atoms with Crippen LogP contribution in [-0.4, -0.2) is 32.6 Å². The number of ether oxygens (including phenoxy) is 1. The number of carbonyl (C=O) groups is 1. The topological polar surface area (TPSA) is 83.9 Å². The van der Waals surface area contributed by atoms with Crippen LogP contribution in [0.4, 0.5) is 5.69 Å². The highest BCUT2D eigenvalue weighted by atomic mass is 35.5. The number of halogens is 1. The number of sulfonamides is 1. The summed E-state index contributed by atoms with van der Waals surface area (Å²) in [5.74, 6) is 0.0622. The van der Waals surface area contributed by atoms with Gasteiger partial charge >= 0.3 is 5.97 Å². The molecule has 8 heteroatoms. The molecule has 0 amide bonds. The van der Waals surface area contributed by atoms with Gasteiger partial charge in [0.1, 0.15) is 12.4 Å². The highest BCUT2D eigenvalue weighted by molar-refractivity contribution is 7.92. The first kappa shape index (κ1) is 25.6. The molecule has 1 aliphatic heterocycles. The smallest absolute Gasteiger partial charge is 0.303 e. The van der Waals surface area contributed by atoms with Gasteiger partial charge in [-0.2, -0.15) is 0 Å². The van der Waals surface area contributed by atoms with E-state index in [9.17, 15) is 13.2 Å². The number of rotatable bonds is 5. The highest BCUT2D eigenvalue weighted by Crippen LogP contribution is 2.39. The fourth-order valence-electron chi connectivity index (χ4n) is 3.45. The lowest BCUT2D eigenvalue weighted by molar-refractivity contribution is -0.136. The predicted octanol–water partition coefficient (Wildman–Crippen LogP) is 6.20. The van der Waals surface area contributed by atoms with E-state index >= 15 is 0 Å². The van der Waals surface area contributed by atoms with Crippen molar-refractivity contribution in [2.75, 3.05) is 17.5 Å². The highest BCUT2D eigenvalue weighted by Gasteiger charge is 2.30. The van der Waals surface area contributed by atoms with Crippen molar-refractivity contribution in [2.45, 2.75) is 38.0 Å². The molecule has 0 saturated heterocycles. The molecule has 0 aliphatic carbocycles. The monoisotopic (exact) mass is 501 g/mol. The summed E-state index contributed by atoms with van der Waals surface area (Å²) in [7, 11) is -3.71.